The SMILES string of the molecule is COC(=O)CCc1ccc(NC(=O)CC2CC3CCC(C2)N3)cc1.Cl. The van der Waals surface area contributed by atoms with Crippen LogP contribution in [0.15, 0.2) is 24.3 Å². The van der Waals surface area contributed by atoms with Gasteiger partial charge in [-0.1, -0.05) is 12.1 Å². The average molecular weight is 367 g/mol. The van der Waals surface area contributed by atoms with Crippen molar-refractivity contribution < 1.29 is 14.3 Å². The van der Waals surface area contributed by atoms with E-state index in [0.717, 1.165) is 24.1 Å². The third-order valence-electron chi connectivity index (χ3n) is 5.13. The Balaban J connectivity index is 0.00000225. The molecule has 2 aliphatic rings. The second kappa shape index (κ2) is 9.20. The quantitative estimate of drug-likeness (QED) is 0.759. The van der Waals surface area contributed by atoms with Crippen LogP contribution in [-0.4, -0.2) is 31.1 Å². The molecule has 3 rings (SSSR count). The molecule has 2 unspecified atom stereocenters. The number of anilines is 1. The molecule has 0 saturated carbocycles. The summed E-state index contributed by atoms with van der Waals surface area (Å²) in [4.78, 5) is 23.4. The summed E-state index contributed by atoms with van der Waals surface area (Å²) in [6.07, 6.45) is 6.40. The lowest BCUT2D eigenvalue weighted by Gasteiger charge is -2.28. The van der Waals surface area contributed by atoms with Crippen molar-refractivity contribution in [3.8, 4) is 0 Å². The molecular weight excluding hydrogens is 340 g/mol. The summed E-state index contributed by atoms with van der Waals surface area (Å²) in [5.74, 6) is 0.398. The Morgan fingerprint density at radius 3 is 2.40 bits per heavy atom. The molecular formula is C19H27ClN2O3. The van der Waals surface area contributed by atoms with E-state index in [4.69, 9.17) is 0 Å². The van der Waals surface area contributed by atoms with Crippen LogP contribution < -0.4 is 10.6 Å². The first-order chi connectivity index (χ1) is 11.6. The first-order valence-corrected chi connectivity index (χ1v) is 8.84. The van der Waals surface area contributed by atoms with Gasteiger partial charge in [-0.2, -0.15) is 0 Å². The van der Waals surface area contributed by atoms with E-state index < -0.39 is 0 Å². The molecule has 2 bridgehead atoms. The summed E-state index contributed by atoms with van der Waals surface area (Å²) < 4.78 is 4.64. The van der Waals surface area contributed by atoms with Crippen LogP contribution in [-0.2, 0) is 20.7 Å². The maximum atomic E-state index is 12.3. The summed E-state index contributed by atoms with van der Waals surface area (Å²) in [6.45, 7) is 0. The van der Waals surface area contributed by atoms with Gasteiger partial charge in [-0.15, -0.1) is 12.4 Å². The molecule has 0 aromatic heterocycles. The number of amides is 1. The third kappa shape index (κ3) is 5.72. The minimum atomic E-state index is -0.205. The minimum absolute atomic E-state index is 0. The molecule has 2 atom stereocenters. The van der Waals surface area contributed by atoms with Gasteiger partial charge >= 0.3 is 5.97 Å². The number of benzene rings is 1. The maximum Gasteiger partial charge on any atom is 0.305 e. The molecule has 1 aromatic carbocycles. The number of piperidine rings is 1. The Hall–Kier alpha value is -1.59. The molecule has 2 heterocycles. The molecule has 2 fully saturated rings. The number of fused-ring (bicyclic) bond motifs is 2. The molecule has 6 heteroatoms. The van der Waals surface area contributed by atoms with E-state index >= 15 is 0 Å². The van der Waals surface area contributed by atoms with Crippen molar-refractivity contribution in [2.24, 2.45) is 5.92 Å². The first-order valence-electron chi connectivity index (χ1n) is 8.84. The van der Waals surface area contributed by atoms with Crippen LogP contribution in [0.3, 0.4) is 0 Å². The van der Waals surface area contributed by atoms with E-state index in [0.29, 0.717) is 37.3 Å². The highest BCUT2D eigenvalue weighted by Crippen LogP contribution is 2.32. The largest absolute Gasteiger partial charge is 0.469 e. The summed E-state index contributed by atoms with van der Waals surface area (Å²) in [6, 6.07) is 8.94. The zero-order chi connectivity index (χ0) is 16.9. The van der Waals surface area contributed by atoms with Crippen LogP contribution in [0.25, 0.3) is 0 Å². The van der Waals surface area contributed by atoms with Gasteiger partial charge in [0.1, 0.15) is 0 Å². The zero-order valence-corrected chi connectivity index (χ0v) is 15.4. The molecule has 138 valence electrons. The lowest BCUT2D eigenvalue weighted by molar-refractivity contribution is -0.140. The van der Waals surface area contributed by atoms with E-state index in [-0.39, 0.29) is 24.3 Å². The van der Waals surface area contributed by atoms with Gasteiger partial charge in [0, 0.05) is 30.6 Å². The van der Waals surface area contributed by atoms with Gasteiger partial charge in [0.25, 0.3) is 0 Å². The fraction of sp³-hybridized carbons (Fsp3) is 0.579. The van der Waals surface area contributed by atoms with Crippen LogP contribution in [0.2, 0.25) is 0 Å². The van der Waals surface area contributed by atoms with E-state index in [9.17, 15) is 9.59 Å². The number of carbonyl (C=O) groups excluding carboxylic acids is 2. The Morgan fingerprint density at radius 1 is 1.16 bits per heavy atom. The number of halogens is 1. The first kappa shape index (κ1) is 19.7. The predicted octanol–water partition coefficient (Wildman–Crippen LogP) is 3.07. The van der Waals surface area contributed by atoms with Crippen LogP contribution in [0.5, 0.6) is 0 Å². The van der Waals surface area contributed by atoms with Crippen molar-refractivity contribution in [3.05, 3.63) is 29.8 Å². The number of aryl methyl sites for hydroxylation is 1. The maximum absolute atomic E-state index is 12.3. The molecule has 25 heavy (non-hydrogen) atoms. The Morgan fingerprint density at radius 2 is 1.80 bits per heavy atom. The average Bonchev–Trinajstić information content (AvgIpc) is 2.92. The molecule has 2 N–H and O–H groups in total. The minimum Gasteiger partial charge on any atom is -0.469 e. The summed E-state index contributed by atoms with van der Waals surface area (Å²) in [5.41, 5.74) is 1.88. The molecule has 1 amide bonds. The second-order valence-corrected chi connectivity index (χ2v) is 7.00. The van der Waals surface area contributed by atoms with Gasteiger partial charge in [-0.25, -0.2) is 0 Å². The molecule has 2 saturated heterocycles. The zero-order valence-electron chi connectivity index (χ0n) is 14.6. The molecule has 2 aliphatic heterocycles. The monoisotopic (exact) mass is 366 g/mol. The van der Waals surface area contributed by atoms with Gasteiger partial charge in [0.15, 0.2) is 0 Å². The van der Waals surface area contributed by atoms with Crippen LogP contribution in [0.1, 0.15) is 44.1 Å². The van der Waals surface area contributed by atoms with Crippen LogP contribution in [0.4, 0.5) is 5.69 Å². The van der Waals surface area contributed by atoms with Gasteiger partial charge in [-0.3, -0.25) is 9.59 Å². The van der Waals surface area contributed by atoms with Gasteiger partial charge in [0.2, 0.25) is 5.91 Å². The molecule has 5 nitrogen and oxygen atoms in total. The van der Waals surface area contributed by atoms with E-state index in [2.05, 4.69) is 15.4 Å². The van der Waals surface area contributed by atoms with Crippen molar-refractivity contribution >= 4 is 30.0 Å². The topological polar surface area (TPSA) is 67.4 Å². The summed E-state index contributed by atoms with van der Waals surface area (Å²) >= 11 is 0. The Labute approximate surface area is 155 Å². The number of esters is 1. The van der Waals surface area contributed by atoms with E-state index in [1.807, 2.05) is 24.3 Å². The van der Waals surface area contributed by atoms with Gasteiger partial charge in [0.05, 0.1) is 7.11 Å². The van der Waals surface area contributed by atoms with Crippen molar-refractivity contribution in [2.75, 3.05) is 12.4 Å². The highest BCUT2D eigenvalue weighted by molar-refractivity contribution is 5.90. The predicted molar refractivity (Wildman–Crippen MR) is 99.9 cm³/mol. The number of rotatable bonds is 6. The van der Waals surface area contributed by atoms with Crippen LogP contribution in [0, 0.1) is 5.92 Å². The second-order valence-electron chi connectivity index (χ2n) is 7.00. The lowest BCUT2D eigenvalue weighted by Crippen LogP contribution is -2.39. The van der Waals surface area contributed by atoms with Crippen LogP contribution >= 0.6 is 12.4 Å². The highest BCUT2D eigenvalue weighted by Gasteiger charge is 2.34. The van der Waals surface area contributed by atoms with Crippen molar-refractivity contribution in [1.29, 1.82) is 0 Å². The van der Waals surface area contributed by atoms with Gasteiger partial charge < -0.3 is 15.4 Å². The molecule has 1 aromatic rings. The van der Waals surface area contributed by atoms with Gasteiger partial charge in [-0.05, 0) is 55.7 Å². The summed E-state index contributed by atoms with van der Waals surface area (Å²) in [7, 11) is 1.40. The van der Waals surface area contributed by atoms with Crippen molar-refractivity contribution in [1.82, 2.24) is 5.32 Å². The number of hydrogen-bond donors (Lipinski definition) is 2. The number of hydrogen-bond acceptors (Lipinski definition) is 4. The van der Waals surface area contributed by atoms with Crippen molar-refractivity contribution in [3.63, 3.8) is 0 Å². The molecule has 0 aliphatic carbocycles. The number of nitrogens with one attached hydrogen (secondary N) is 2. The highest BCUT2D eigenvalue weighted by atomic mass is 35.5. The lowest BCUT2D eigenvalue weighted by atomic mass is 9.89. The molecule has 0 radical (unpaired) electrons. The Bertz CT molecular complexity index is 579. The normalized spacial score (nSPS) is 24.3. The Kier molecular flexibility index (Phi) is 7.26. The smallest absolute Gasteiger partial charge is 0.305 e. The standard InChI is InChI=1S/C19H26N2O3.ClH/c1-24-19(23)9-4-13-2-5-15(6-3-13)21-18(22)12-14-10-16-7-8-17(11-14)20-16;/h2-3,5-6,14,16-17,20H,4,7-12H2,1H3,(H,21,22);1H. The number of methoxy groups -OCH3 is 1. The van der Waals surface area contributed by atoms with Crippen molar-refractivity contribution in [2.45, 2.75) is 57.0 Å². The number of ether oxygens (including phenoxy) is 1. The number of carbonyl (C=O) groups is 2. The van der Waals surface area contributed by atoms with E-state index in [1.165, 1.54) is 20.0 Å². The molecule has 0 spiro atoms. The fourth-order valence-electron chi connectivity index (χ4n) is 3.92. The summed E-state index contributed by atoms with van der Waals surface area (Å²) in [5, 5.41) is 6.60. The third-order valence-corrected chi connectivity index (χ3v) is 5.13. The fourth-order valence-corrected chi connectivity index (χ4v) is 3.92. The van der Waals surface area contributed by atoms with E-state index in [1.54, 1.807) is 0 Å².